The summed E-state index contributed by atoms with van der Waals surface area (Å²) in [7, 11) is 0.274. The molecule has 5 heteroatoms. The van der Waals surface area contributed by atoms with E-state index in [1.807, 2.05) is 13.8 Å². The molecule has 1 unspecified atom stereocenters. The minimum absolute atomic E-state index is 0. The summed E-state index contributed by atoms with van der Waals surface area (Å²) in [6.45, 7) is 19.5. The molecule has 0 saturated carbocycles. The third kappa shape index (κ3) is 12.9. The predicted octanol–water partition coefficient (Wildman–Crippen LogP) is 5.23. The fraction of sp³-hybridized carbons (Fsp3) is 0.938. The smallest absolute Gasteiger partial charge is 0.155 e. The van der Waals surface area contributed by atoms with Crippen molar-refractivity contribution in [3.63, 3.8) is 0 Å². The molecule has 1 aliphatic rings. The molecule has 0 aliphatic carbocycles. The van der Waals surface area contributed by atoms with Gasteiger partial charge < -0.3 is 11.7 Å². The molecule has 4 atom stereocenters. The first-order chi connectivity index (χ1) is 8.58. The summed E-state index contributed by atoms with van der Waals surface area (Å²) in [5.74, 6) is 1.86. The zero-order valence-corrected chi connectivity index (χ0v) is 21.4. The molecule has 0 aromatic carbocycles. The second kappa shape index (κ2) is 13.2. The van der Waals surface area contributed by atoms with Crippen molar-refractivity contribution in [1.82, 2.24) is 0 Å². The van der Waals surface area contributed by atoms with E-state index < -0.39 is 0 Å². The van der Waals surface area contributed by atoms with Crippen LogP contribution in [-0.4, -0.2) is 18.4 Å². The van der Waals surface area contributed by atoms with Gasteiger partial charge in [-0.05, 0) is 36.5 Å². The fourth-order valence-corrected chi connectivity index (χ4v) is 2.66. The van der Waals surface area contributed by atoms with Gasteiger partial charge in [0.2, 0.25) is 0 Å². The second-order valence-corrected chi connectivity index (χ2v) is 8.00. The molecule has 1 radical (unpaired) electrons. The van der Waals surface area contributed by atoms with Crippen molar-refractivity contribution in [1.29, 1.82) is 0 Å². The third-order valence-corrected chi connectivity index (χ3v) is 4.45. The number of ether oxygens (including phenoxy) is 1. The molecule has 0 bridgehead atoms. The Labute approximate surface area is 173 Å². The van der Waals surface area contributed by atoms with Crippen LogP contribution in [0.3, 0.4) is 0 Å². The van der Waals surface area contributed by atoms with Gasteiger partial charge >= 0.3 is 0 Å². The molecule has 0 amide bonds. The first kappa shape index (κ1) is 27.7. The maximum absolute atomic E-state index is 9.71. The van der Waals surface area contributed by atoms with Gasteiger partial charge in [0.1, 0.15) is 0 Å². The van der Waals surface area contributed by atoms with Crippen molar-refractivity contribution in [3.05, 3.63) is 6.92 Å². The van der Waals surface area contributed by atoms with Gasteiger partial charge in [0.15, 0.2) is 8.46 Å². The molecule has 1 saturated heterocycles. The van der Waals surface area contributed by atoms with Crippen molar-refractivity contribution in [3.8, 4) is 0 Å². The van der Waals surface area contributed by atoms with E-state index in [0.717, 1.165) is 6.16 Å². The number of hydrogen-bond donors (Lipinski definition) is 0. The number of rotatable bonds is 3. The van der Waals surface area contributed by atoms with Gasteiger partial charge in [0.25, 0.3) is 0 Å². The van der Waals surface area contributed by atoms with Crippen molar-refractivity contribution >= 4 is 8.46 Å². The van der Waals surface area contributed by atoms with Crippen molar-refractivity contribution in [2.24, 2.45) is 23.2 Å². The van der Waals surface area contributed by atoms with Crippen LogP contribution in [0.2, 0.25) is 0 Å². The summed E-state index contributed by atoms with van der Waals surface area (Å²) in [5.41, 5.74) is 0.391. The minimum atomic E-state index is 0. The van der Waals surface area contributed by atoms with E-state index in [2.05, 4.69) is 41.5 Å². The molecule has 0 spiro atoms. The minimum Gasteiger partial charge on any atom is -0.407 e. The summed E-state index contributed by atoms with van der Waals surface area (Å²) < 4.78 is 15.4. The molecule has 0 aromatic heterocycles. The van der Waals surface area contributed by atoms with Crippen LogP contribution in [0, 0.1) is 30.1 Å². The van der Waals surface area contributed by atoms with Gasteiger partial charge in [-0.1, -0.05) is 47.6 Å². The van der Waals surface area contributed by atoms with E-state index in [9.17, 15) is 4.57 Å². The average molecular weight is 560 g/mol. The zero-order chi connectivity index (χ0) is 15.2. The maximum Gasteiger partial charge on any atom is 0.155 e. The van der Waals surface area contributed by atoms with Crippen LogP contribution in [0.15, 0.2) is 0 Å². The standard InChI is InChI=1S/C12H23O.C4H9OP.W.Y/c1-8-9(2)13-10(3)11(8)7-12(4,5)6;1-4(2)3-6-5;;/h8-11H,3,7H2,1-2,4-6H3;4H,3H2,1-2H3;;/q-1;;;/t8?,9-,10+,11+;;;/m0.../s1. The molecule has 1 fully saturated rings. The molecular weight excluding hydrogens is 528 g/mol. The largest absolute Gasteiger partial charge is 0.407 e. The van der Waals surface area contributed by atoms with E-state index in [1.165, 1.54) is 6.42 Å². The predicted molar refractivity (Wildman–Crippen MR) is 83.7 cm³/mol. The Morgan fingerprint density at radius 3 is 1.90 bits per heavy atom. The maximum atomic E-state index is 9.71. The molecule has 21 heavy (non-hydrogen) atoms. The molecule has 123 valence electrons. The molecular formula is C16H32O2PWY-. The first-order valence-electron chi connectivity index (χ1n) is 7.36. The monoisotopic (exact) mass is 560 g/mol. The number of hydrogen-bond acceptors (Lipinski definition) is 2. The molecule has 0 N–H and O–H groups in total. The van der Waals surface area contributed by atoms with Crippen LogP contribution in [0.25, 0.3) is 0 Å². The van der Waals surface area contributed by atoms with E-state index in [0.29, 0.717) is 29.3 Å². The topological polar surface area (TPSA) is 26.3 Å². The summed E-state index contributed by atoms with van der Waals surface area (Å²) in [5, 5.41) is 0. The fourth-order valence-electron chi connectivity index (χ4n) is 2.36. The molecule has 0 aromatic rings. The van der Waals surface area contributed by atoms with Gasteiger partial charge in [0.05, 0.1) is 6.10 Å². The van der Waals surface area contributed by atoms with Crippen molar-refractivity contribution in [2.75, 3.05) is 6.16 Å². The van der Waals surface area contributed by atoms with Crippen LogP contribution in [0.1, 0.15) is 54.9 Å². The second-order valence-electron chi connectivity index (χ2n) is 7.37. The third-order valence-electron chi connectivity index (χ3n) is 3.57. The SMILES string of the molecule is CC(C)CP=O.[CH2-][C@H]1O[C@@H](C)C(C)[C@H]1CC(C)(C)C.[W].[Y]. The Kier molecular flexibility index (Phi) is 17.4. The Balaban J connectivity index is -0.000000352. The molecule has 1 rings (SSSR count). The Bertz CT molecular complexity index is 269. The van der Waals surface area contributed by atoms with Crippen LogP contribution in [0.5, 0.6) is 0 Å². The van der Waals surface area contributed by atoms with E-state index in [-0.39, 0.29) is 68.3 Å². The molecule has 1 heterocycles. The van der Waals surface area contributed by atoms with Crippen molar-refractivity contribution < 1.29 is 63.1 Å². The van der Waals surface area contributed by atoms with Gasteiger partial charge in [0, 0.05) is 59.9 Å². The van der Waals surface area contributed by atoms with Crippen LogP contribution in [0.4, 0.5) is 0 Å². The molecule has 2 nitrogen and oxygen atoms in total. The van der Waals surface area contributed by atoms with Crippen LogP contribution < -0.4 is 0 Å². The summed E-state index contributed by atoms with van der Waals surface area (Å²) in [6, 6.07) is 0. The quantitative estimate of drug-likeness (QED) is 0.350. The Morgan fingerprint density at radius 1 is 1.24 bits per heavy atom. The Hall–Kier alpha value is 1.85. The summed E-state index contributed by atoms with van der Waals surface area (Å²) >= 11 is 0. The molecule has 1 aliphatic heterocycles. The summed E-state index contributed by atoms with van der Waals surface area (Å²) in [6.07, 6.45) is 2.59. The normalized spacial score (nSPS) is 28.4. The van der Waals surface area contributed by atoms with Gasteiger partial charge in [-0.2, -0.15) is 0 Å². The average Bonchev–Trinajstić information content (AvgIpc) is 2.44. The van der Waals surface area contributed by atoms with Crippen LogP contribution in [-0.2, 0) is 63.1 Å². The first-order valence-corrected chi connectivity index (χ1v) is 8.36. The van der Waals surface area contributed by atoms with Crippen LogP contribution >= 0.6 is 8.46 Å². The van der Waals surface area contributed by atoms with E-state index in [1.54, 1.807) is 0 Å². The van der Waals surface area contributed by atoms with E-state index in [4.69, 9.17) is 4.74 Å². The van der Waals surface area contributed by atoms with Gasteiger partial charge in [-0.15, -0.1) is 0 Å². The van der Waals surface area contributed by atoms with Gasteiger partial charge in [-0.3, -0.25) is 4.57 Å². The van der Waals surface area contributed by atoms with Crippen molar-refractivity contribution in [2.45, 2.75) is 67.1 Å². The Morgan fingerprint density at radius 2 is 1.71 bits per heavy atom. The summed E-state index contributed by atoms with van der Waals surface area (Å²) in [4.78, 5) is 0. The van der Waals surface area contributed by atoms with E-state index >= 15 is 0 Å². The zero-order valence-electron chi connectivity index (χ0n) is 14.8. The van der Waals surface area contributed by atoms with Gasteiger partial charge in [-0.25, -0.2) is 0 Å².